The van der Waals surface area contributed by atoms with Crippen LogP contribution < -0.4 is 0 Å². The van der Waals surface area contributed by atoms with E-state index < -0.39 is 10.0 Å². The lowest BCUT2D eigenvalue weighted by Gasteiger charge is -2.08. The molecule has 0 spiro atoms. The van der Waals surface area contributed by atoms with Crippen molar-refractivity contribution in [3.05, 3.63) is 70.9 Å². The summed E-state index contributed by atoms with van der Waals surface area (Å²) in [4.78, 5) is 0. The molecule has 1 aromatic heterocycles. The summed E-state index contributed by atoms with van der Waals surface area (Å²) in [6.45, 7) is -0.155. The van der Waals surface area contributed by atoms with Gasteiger partial charge in [0.25, 0.3) is 0 Å². The first-order valence-electron chi connectivity index (χ1n) is 6.69. The molecular formula is C16H14ClNO3S. The maximum atomic E-state index is 12.7. The lowest BCUT2D eigenvalue weighted by molar-refractivity contribution is 0.282. The molecule has 0 aliphatic rings. The number of aliphatic hydroxyl groups excluding tert-OH is 1. The van der Waals surface area contributed by atoms with E-state index in [2.05, 4.69) is 0 Å². The van der Waals surface area contributed by atoms with Crippen LogP contribution >= 0.6 is 11.6 Å². The predicted octanol–water partition coefficient (Wildman–Crippen LogP) is 3.17. The Balaban J connectivity index is 2.12. The van der Waals surface area contributed by atoms with Crippen molar-refractivity contribution in [1.82, 2.24) is 3.97 Å². The van der Waals surface area contributed by atoms with Crippen LogP contribution in [0.1, 0.15) is 11.1 Å². The highest BCUT2D eigenvalue weighted by Crippen LogP contribution is 2.29. The van der Waals surface area contributed by atoms with Crippen LogP contribution in [-0.4, -0.2) is 17.5 Å². The van der Waals surface area contributed by atoms with Crippen molar-refractivity contribution >= 4 is 32.5 Å². The Morgan fingerprint density at radius 2 is 1.77 bits per heavy atom. The largest absolute Gasteiger partial charge is 0.392 e. The molecule has 6 heteroatoms. The number of fused-ring (bicyclic) bond motifs is 1. The standard InChI is InChI=1S/C16H14ClNO3S/c17-15-9-18(16-8-13(10-19)6-7-14(15)16)22(20,21)11-12-4-2-1-3-5-12/h1-9,19H,10-11H2. The molecule has 0 atom stereocenters. The number of aromatic nitrogens is 1. The van der Waals surface area contributed by atoms with Crippen LogP contribution in [0.3, 0.4) is 0 Å². The lowest BCUT2D eigenvalue weighted by atomic mass is 10.2. The Morgan fingerprint density at radius 1 is 1.05 bits per heavy atom. The van der Waals surface area contributed by atoms with E-state index in [1.165, 1.54) is 10.2 Å². The zero-order valence-corrected chi connectivity index (χ0v) is 13.2. The van der Waals surface area contributed by atoms with Gasteiger partial charge in [0, 0.05) is 11.6 Å². The second-order valence-corrected chi connectivity index (χ2v) is 7.28. The molecule has 0 aliphatic heterocycles. The first-order chi connectivity index (χ1) is 10.5. The number of rotatable bonds is 4. The molecule has 4 nitrogen and oxygen atoms in total. The van der Waals surface area contributed by atoms with E-state index in [9.17, 15) is 13.5 Å². The van der Waals surface area contributed by atoms with E-state index in [-0.39, 0.29) is 12.4 Å². The normalized spacial score (nSPS) is 11.9. The number of hydrogen-bond donors (Lipinski definition) is 1. The van der Waals surface area contributed by atoms with Gasteiger partial charge < -0.3 is 5.11 Å². The Kier molecular flexibility index (Phi) is 3.95. The average Bonchev–Trinajstić information content (AvgIpc) is 2.85. The number of halogens is 1. The van der Waals surface area contributed by atoms with Gasteiger partial charge in [-0.3, -0.25) is 0 Å². The Bertz CT molecular complexity index is 917. The van der Waals surface area contributed by atoms with E-state index >= 15 is 0 Å². The van der Waals surface area contributed by atoms with Crippen molar-refractivity contribution in [1.29, 1.82) is 0 Å². The molecule has 1 heterocycles. The molecule has 0 radical (unpaired) electrons. The van der Waals surface area contributed by atoms with E-state index in [0.717, 1.165) is 0 Å². The van der Waals surface area contributed by atoms with Crippen molar-refractivity contribution in [3.63, 3.8) is 0 Å². The number of hydrogen-bond acceptors (Lipinski definition) is 3. The summed E-state index contributed by atoms with van der Waals surface area (Å²) in [5, 5.41) is 10.3. The van der Waals surface area contributed by atoms with Gasteiger partial charge in [0.2, 0.25) is 10.0 Å². The Hall–Kier alpha value is -1.82. The van der Waals surface area contributed by atoms with Crippen LogP contribution in [0, 0.1) is 0 Å². The summed E-state index contributed by atoms with van der Waals surface area (Å²) in [6, 6.07) is 14.1. The minimum atomic E-state index is -3.59. The van der Waals surface area contributed by atoms with Gasteiger partial charge in [-0.2, -0.15) is 0 Å². The Labute approximate surface area is 133 Å². The highest BCUT2D eigenvalue weighted by molar-refractivity contribution is 7.89. The van der Waals surface area contributed by atoms with Crippen molar-refractivity contribution in [2.45, 2.75) is 12.4 Å². The van der Waals surface area contributed by atoms with Crippen LogP contribution in [0.25, 0.3) is 10.9 Å². The van der Waals surface area contributed by atoms with Crippen LogP contribution in [0.5, 0.6) is 0 Å². The van der Waals surface area contributed by atoms with Crippen molar-refractivity contribution in [2.24, 2.45) is 0 Å². The summed E-state index contributed by atoms with van der Waals surface area (Å²) in [5.74, 6) is -0.114. The van der Waals surface area contributed by atoms with Gasteiger partial charge in [-0.15, -0.1) is 0 Å². The third kappa shape index (κ3) is 2.75. The highest BCUT2D eigenvalue weighted by Gasteiger charge is 2.19. The highest BCUT2D eigenvalue weighted by atomic mass is 35.5. The summed E-state index contributed by atoms with van der Waals surface area (Å²) < 4.78 is 26.5. The fraction of sp³-hybridized carbons (Fsp3) is 0.125. The molecule has 0 fully saturated rings. The van der Waals surface area contributed by atoms with Crippen LogP contribution in [0.4, 0.5) is 0 Å². The lowest BCUT2D eigenvalue weighted by Crippen LogP contribution is -2.14. The third-order valence-corrected chi connectivity index (χ3v) is 5.36. The second kappa shape index (κ2) is 5.76. The molecule has 0 unspecified atom stereocenters. The minimum absolute atomic E-state index is 0.114. The monoisotopic (exact) mass is 335 g/mol. The SMILES string of the molecule is O=S(=O)(Cc1ccccc1)n1cc(Cl)c2ccc(CO)cc21. The van der Waals surface area contributed by atoms with Gasteiger partial charge >= 0.3 is 0 Å². The molecule has 114 valence electrons. The number of aliphatic hydroxyl groups is 1. The maximum Gasteiger partial charge on any atom is 0.243 e. The van der Waals surface area contributed by atoms with Gasteiger partial charge in [0.15, 0.2) is 0 Å². The first-order valence-corrected chi connectivity index (χ1v) is 8.67. The average molecular weight is 336 g/mol. The van der Waals surface area contributed by atoms with Gasteiger partial charge in [-0.05, 0) is 17.2 Å². The van der Waals surface area contributed by atoms with Crippen molar-refractivity contribution < 1.29 is 13.5 Å². The zero-order chi connectivity index (χ0) is 15.7. The van der Waals surface area contributed by atoms with Crippen LogP contribution in [0.2, 0.25) is 5.02 Å². The quantitative estimate of drug-likeness (QED) is 0.796. The molecule has 1 N–H and O–H groups in total. The number of nitrogens with zero attached hydrogens (tertiary/aromatic N) is 1. The molecular weight excluding hydrogens is 322 g/mol. The second-order valence-electron chi connectivity index (χ2n) is 5.02. The van der Waals surface area contributed by atoms with Crippen LogP contribution in [-0.2, 0) is 22.4 Å². The summed E-state index contributed by atoms with van der Waals surface area (Å²) in [7, 11) is -3.59. The zero-order valence-electron chi connectivity index (χ0n) is 11.6. The topological polar surface area (TPSA) is 59.3 Å². The summed E-state index contributed by atoms with van der Waals surface area (Å²) in [5.41, 5.74) is 1.82. The molecule has 0 aliphatic carbocycles. The summed E-state index contributed by atoms with van der Waals surface area (Å²) in [6.07, 6.45) is 1.41. The fourth-order valence-corrected chi connectivity index (χ4v) is 4.17. The molecule has 0 amide bonds. The predicted molar refractivity (Wildman–Crippen MR) is 87.3 cm³/mol. The fourth-order valence-electron chi connectivity index (χ4n) is 2.39. The van der Waals surface area contributed by atoms with Crippen LogP contribution in [0.15, 0.2) is 54.7 Å². The molecule has 0 saturated heterocycles. The van der Waals surface area contributed by atoms with Crippen molar-refractivity contribution in [3.8, 4) is 0 Å². The number of benzene rings is 2. The smallest absolute Gasteiger partial charge is 0.243 e. The molecule has 22 heavy (non-hydrogen) atoms. The van der Waals surface area contributed by atoms with Gasteiger partial charge in [0.1, 0.15) is 0 Å². The molecule has 3 rings (SSSR count). The Morgan fingerprint density at radius 3 is 2.45 bits per heavy atom. The van der Waals surface area contributed by atoms with E-state index in [0.29, 0.717) is 27.1 Å². The van der Waals surface area contributed by atoms with Gasteiger partial charge in [0.05, 0.1) is 22.9 Å². The summed E-state index contributed by atoms with van der Waals surface area (Å²) >= 11 is 6.13. The molecule has 0 bridgehead atoms. The molecule has 3 aromatic rings. The van der Waals surface area contributed by atoms with E-state index in [4.69, 9.17) is 11.6 Å². The third-order valence-electron chi connectivity index (χ3n) is 3.46. The molecule has 2 aromatic carbocycles. The molecule has 0 saturated carbocycles. The van der Waals surface area contributed by atoms with Gasteiger partial charge in [-0.1, -0.05) is 54.1 Å². The minimum Gasteiger partial charge on any atom is -0.392 e. The van der Waals surface area contributed by atoms with E-state index in [1.807, 2.05) is 6.07 Å². The van der Waals surface area contributed by atoms with Gasteiger partial charge in [-0.25, -0.2) is 12.4 Å². The van der Waals surface area contributed by atoms with E-state index in [1.54, 1.807) is 42.5 Å². The first kappa shape index (κ1) is 15.1. The van der Waals surface area contributed by atoms with Crippen molar-refractivity contribution in [2.75, 3.05) is 0 Å². The maximum absolute atomic E-state index is 12.7.